The molecule has 4 rings (SSSR count). The number of nitrogens with one attached hydrogen (secondary N) is 1. The minimum Gasteiger partial charge on any atom is -0.497 e. The predicted molar refractivity (Wildman–Crippen MR) is 134 cm³/mol. The van der Waals surface area contributed by atoms with E-state index < -0.39 is 0 Å². The number of fused-ring (bicyclic) bond motifs is 1. The number of methoxy groups -OCH3 is 2. The summed E-state index contributed by atoms with van der Waals surface area (Å²) in [5.74, 6) is 2.59. The molecule has 4 aromatic rings. The lowest BCUT2D eigenvalue weighted by atomic mass is 10.1. The fraction of sp³-hybridized carbons (Fsp3) is 0.333. The third kappa shape index (κ3) is 6.34. The SMILES string of the molecule is COCCNCCOc1ccc(CCCc2nc3cccc(-c4ccc(OC)cc4)n3n2)cc1. The Morgan fingerprint density at radius 1 is 0.824 bits per heavy atom. The van der Waals surface area contributed by atoms with Gasteiger partial charge in [-0.05, 0) is 66.9 Å². The van der Waals surface area contributed by atoms with Crippen LogP contribution in [0.25, 0.3) is 16.9 Å². The Hall–Kier alpha value is -3.42. The lowest BCUT2D eigenvalue weighted by molar-refractivity contribution is 0.197. The summed E-state index contributed by atoms with van der Waals surface area (Å²) in [5, 5.41) is 8.05. The molecule has 0 bridgehead atoms. The van der Waals surface area contributed by atoms with Gasteiger partial charge in [-0.1, -0.05) is 18.2 Å². The van der Waals surface area contributed by atoms with E-state index in [0.717, 1.165) is 66.6 Å². The van der Waals surface area contributed by atoms with Crippen molar-refractivity contribution in [2.24, 2.45) is 0 Å². The van der Waals surface area contributed by atoms with Gasteiger partial charge >= 0.3 is 0 Å². The van der Waals surface area contributed by atoms with Crippen molar-refractivity contribution in [3.05, 3.63) is 78.1 Å². The topological polar surface area (TPSA) is 69.9 Å². The number of pyridine rings is 1. The van der Waals surface area contributed by atoms with Gasteiger partial charge in [0.05, 0.1) is 19.4 Å². The van der Waals surface area contributed by atoms with Gasteiger partial charge in [-0.15, -0.1) is 0 Å². The minimum atomic E-state index is 0.640. The quantitative estimate of drug-likeness (QED) is 0.302. The molecule has 0 radical (unpaired) electrons. The lowest BCUT2D eigenvalue weighted by Crippen LogP contribution is -2.24. The summed E-state index contributed by atoms with van der Waals surface area (Å²) in [5.41, 5.74) is 4.24. The van der Waals surface area contributed by atoms with E-state index in [4.69, 9.17) is 24.3 Å². The molecule has 1 N–H and O–H groups in total. The minimum absolute atomic E-state index is 0.640. The van der Waals surface area contributed by atoms with Crippen LogP contribution in [-0.2, 0) is 17.6 Å². The molecule has 0 amide bonds. The van der Waals surface area contributed by atoms with Crippen LogP contribution >= 0.6 is 0 Å². The van der Waals surface area contributed by atoms with Crippen LogP contribution in [0.5, 0.6) is 11.5 Å². The highest BCUT2D eigenvalue weighted by atomic mass is 16.5. The molecule has 34 heavy (non-hydrogen) atoms. The summed E-state index contributed by atoms with van der Waals surface area (Å²) in [6.45, 7) is 2.99. The van der Waals surface area contributed by atoms with Crippen LogP contribution in [0.2, 0.25) is 0 Å². The van der Waals surface area contributed by atoms with Crippen LogP contribution in [0.3, 0.4) is 0 Å². The average molecular weight is 461 g/mol. The monoisotopic (exact) mass is 460 g/mol. The molecular formula is C27H32N4O3. The van der Waals surface area contributed by atoms with E-state index in [2.05, 4.69) is 23.5 Å². The summed E-state index contributed by atoms with van der Waals surface area (Å²) in [7, 11) is 3.37. The molecule has 0 aliphatic rings. The van der Waals surface area contributed by atoms with Crippen molar-refractivity contribution in [1.29, 1.82) is 0 Å². The standard InChI is InChI=1S/C27H32N4O3/c1-32-19-17-28-18-20-34-24-13-9-21(10-14-24)5-3-7-26-29-27-8-4-6-25(31(27)30-26)22-11-15-23(33-2)16-12-22/h4,6,8-16,28H,3,5,7,17-20H2,1-2H3. The Kier molecular flexibility index (Phi) is 8.48. The summed E-state index contributed by atoms with van der Waals surface area (Å²) in [6.07, 6.45) is 2.78. The Bertz CT molecular complexity index is 1160. The fourth-order valence-corrected chi connectivity index (χ4v) is 3.78. The number of hydrogen-bond donors (Lipinski definition) is 1. The molecule has 7 nitrogen and oxygen atoms in total. The van der Waals surface area contributed by atoms with Gasteiger partial charge in [-0.25, -0.2) is 9.50 Å². The third-order valence-corrected chi connectivity index (χ3v) is 5.61. The number of benzene rings is 2. The Morgan fingerprint density at radius 2 is 1.59 bits per heavy atom. The van der Waals surface area contributed by atoms with Crippen LogP contribution in [0.15, 0.2) is 66.7 Å². The van der Waals surface area contributed by atoms with Gasteiger partial charge in [-0.3, -0.25) is 0 Å². The van der Waals surface area contributed by atoms with Gasteiger partial charge in [0.15, 0.2) is 11.5 Å². The van der Waals surface area contributed by atoms with Crippen molar-refractivity contribution in [2.75, 3.05) is 40.5 Å². The molecule has 2 aromatic heterocycles. The van der Waals surface area contributed by atoms with Gasteiger partial charge in [0.2, 0.25) is 0 Å². The van der Waals surface area contributed by atoms with Gasteiger partial charge < -0.3 is 19.5 Å². The largest absolute Gasteiger partial charge is 0.497 e. The molecule has 2 heterocycles. The molecule has 0 unspecified atom stereocenters. The first kappa shape index (κ1) is 23.7. The number of aromatic nitrogens is 3. The van der Waals surface area contributed by atoms with E-state index in [9.17, 15) is 0 Å². The van der Waals surface area contributed by atoms with E-state index in [1.165, 1.54) is 5.56 Å². The van der Waals surface area contributed by atoms with Gasteiger partial charge in [0.1, 0.15) is 18.1 Å². The Labute approximate surface area is 200 Å². The second-order valence-corrected chi connectivity index (χ2v) is 8.03. The zero-order chi connectivity index (χ0) is 23.6. The first-order chi connectivity index (χ1) is 16.8. The fourth-order valence-electron chi connectivity index (χ4n) is 3.78. The first-order valence-corrected chi connectivity index (χ1v) is 11.7. The smallest absolute Gasteiger partial charge is 0.156 e. The molecule has 0 saturated heterocycles. The average Bonchev–Trinajstić information content (AvgIpc) is 3.30. The first-order valence-electron chi connectivity index (χ1n) is 11.7. The van der Waals surface area contributed by atoms with Crippen LogP contribution < -0.4 is 14.8 Å². The molecular weight excluding hydrogens is 428 g/mol. The van der Waals surface area contributed by atoms with Crippen molar-refractivity contribution < 1.29 is 14.2 Å². The lowest BCUT2D eigenvalue weighted by Gasteiger charge is -2.08. The van der Waals surface area contributed by atoms with Crippen LogP contribution in [0.4, 0.5) is 0 Å². The second-order valence-electron chi connectivity index (χ2n) is 8.03. The molecule has 0 atom stereocenters. The van der Waals surface area contributed by atoms with Crippen LogP contribution in [0.1, 0.15) is 17.8 Å². The van der Waals surface area contributed by atoms with Gasteiger partial charge in [0, 0.05) is 32.2 Å². The van der Waals surface area contributed by atoms with Crippen LogP contribution in [-0.4, -0.2) is 55.1 Å². The molecule has 2 aromatic carbocycles. The van der Waals surface area contributed by atoms with Crippen molar-refractivity contribution in [2.45, 2.75) is 19.3 Å². The van der Waals surface area contributed by atoms with Crippen molar-refractivity contribution in [1.82, 2.24) is 19.9 Å². The molecule has 0 aliphatic carbocycles. The number of rotatable bonds is 13. The molecule has 178 valence electrons. The normalized spacial score (nSPS) is 11.1. The summed E-state index contributed by atoms with van der Waals surface area (Å²) >= 11 is 0. The number of ether oxygens (including phenoxy) is 3. The van der Waals surface area contributed by atoms with E-state index in [-0.39, 0.29) is 0 Å². The van der Waals surface area contributed by atoms with E-state index in [0.29, 0.717) is 13.2 Å². The summed E-state index contributed by atoms with van der Waals surface area (Å²) in [4.78, 5) is 4.73. The number of hydrogen-bond acceptors (Lipinski definition) is 6. The maximum Gasteiger partial charge on any atom is 0.156 e. The number of nitrogens with zero attached hydrogens (tertiary/aromatic N) is 3. The number of aryl methyl sites for hydroxylation is 2. The van der Waals surface area contributed by atoms with Gasteiger partial charge in [-0.2, -0.15) is 5.10 Å². The highest BCUT2D eigenvalue weighted by molar-refractivity contribution is 5.63. The third-order valence-electron chi connectivity index (χ3n) is 5.61. The molecule has 0 fully saturated rings. The van der Waals surface area contributed by atoms with E-state index in [1.54, 1.807) is 14.2 Å². The Morgan fingerprint density at radius 3 is 2.35 bits per heavy atom. The highest BCUT2D eigenvalue weighted by Gasteiger charge is 2.09. The highest BCUT2D eigenvalue weighted by Crippen LogP contribution is 2.23. The predicted octanol–water partition coefficient (Wildman–Crippen LogP) is 4.20. The van der Waals surface area contributed by atoms with Gasteiger partial charge in [0.25, 0.3) is 0 Å². The second kappa shape index (κ2) is 12.2. The maximum absolute atomic E-state index is 5.78. The molecule has 0 saturated carbocycles. The van der Waals surface area contributed by atoms with Crippen LogP contribution in [0, 0.1) is 0 Å². The summed E-state index contributed by atoms with van der Waals surface area (Å²) < 4.78 is 18.0. The van der Waals surface area contributed by atoms with E-state index in [1.807, 2.05) is 53.0 Å². The van der Waals surface area contributed by atoms with Crippen molar-refractivity contribution >= 4 is 5.65 Å². The van der Waals surface area contributed by atoms with E-state index >= 15 is 0 Å². The zero-order valence-electron chi connectivity index (χ0n) is 19.9. The summed E-state index contributed by atoms with van der Waals surface area (Å²) in [6, 6.07) is 22.4. The van der Waals surface area contributed by atoms with Crippen molar-refractivity contribution in [3.63, 3.8) is 0 Å². The molecule has 0 spiro atoms. The molecule has 7 heteroatoms. The Balaban J connectivity index is 1.29. The maximum atomic E-state index is 5.78. The van der Waals surface area contributed by atoms with Crippen molar-refractivity contribution in [3.8, 4) is 22.8 Å². The zero-order valence-corrected chi connectivity index (χ0v) is 19.9. The molecule has 0 aliphatic heterocycles.